The van der Waals surface area contributed by atoms with E-state index in [4.69, 9.17) is 21.1 Å². The van der Waals surface area contributed by atoms with Crippen LogP contribution in [-0.4, -0.2) is 31.5 Å². The molecule has 0 bridgehead atoms. The number of aromatic nitrogens is 1. The predicted octanol–water partition coefficient (Wildman–Crippen LogP) is 3.35. The predicted molar refractivity (Wildman–Crippen MR) is 74.3 cm³/mol. The molecule has 2 rings (SSSR count). The highest BCUT2D eigenvalue weighted by Crippen LogP contribution is 2.20. The number of hydrogen-bond donors (Lipinski definition) is 0. The Morgan fingerprint density at radius 2 is 2.06 bits per heavy atom. The maximum absolute atomic E-state index is 5.96. The van der Waals surface area contributed by atoms with Crippen molar-refractivity contribution in [1.29, 1.82) is 0 Å². The lowest BCUT2D eigenvalue weighted by Crippen LogP contribution is -2.05. The van der Waals surface area contributed by atoms with E-state index in [1.807, 2.05) is 12.1 Å². The summed E-state index contributed by atoms with van der Waals surface area (Å²) in [5.41, 5.74) is 1.22. The Morgan fingerprint density at radius 3 is 2.89 bits per heavy atom. The summed E-state index contributed by atoms with van der Waals surface area (Å²) >= 11 is 5.96. The van der Waals surface area contributed by atoms with Gasteiger partial charge in [-0.1, -0.05) is 11.6 Å². The number of ether oxygens (including phenoxy) is 2. The summed E-state index contributed by atoms with van der Waals surface area (Å²) in [5, 5.41) is 1.96. The standard InChI is InChI=1S/C14H18ClNO2/c1-17-9-10-18-8-2-6-16-7-5-12-11-13(15)3-4-14(12)16/h3-5,7,11H,2,6,8-10H2,1H3. The van der Waals surface area contributed by atoms with E-state index >= 15 is 0 Å². The fourth-order valence-corrected chi connectivity index (χ4v) is 2.13. The van der Waals surface area contributed by atoms with Crippen molar-refractivity contribution in [2.24, 2.45) is 0 Å². The number of methoxy groups -OCH3 is 1. The van der Waals surface area contributed by atoms with Gasteiger partial charge in [-0.2, -0.15) is 0 Å². The van der Waals surface area contributed by atoms with Gasteiger partial charge in [-0.05, 0) is 30.7 Å². The number of fused-ring (bicyclic) bond motifs is 1. The van der Waals surface area contributed by atoms with Gasteiger partial charge in [-0.25, -0.2) is 0 Å². The number of hydrogen-bond acceptors (Lipinski definition) is 2. The van der Waals surface area contributed by atoms with Crippen molar-refractivity contribution in [3.8, 4) is 0 Å². The molecule has 0 aliphatic rings. The van der Waals surface area contributed by atoms with Crippen LogP contribution >= 0.6 is 11.6 Å². The number of aryl methyl sites for hydroxylation is 1. The zero-order valence-electron chi connectivity index (χ0n) is 10.6. The molecule has 1 aromatic heterocycles. The molecule has 2 aromatic rings. The van der Waals surface area contributed by atoms with Crippen LogP contribution in [0.4, 0.5) is 0 Å². The van der Waals surface area contributed by atoms with E-state index < -0.39 is 0 Å². The second kappa shape index (κ2) is 6.78. The summed E-state index contributed by atoms with van der Waals surface area (Å²) in [6.07, 6.45) is 3.09. The van der Waals surface area contributed by atoms with Crippen LogP contribution in [0.2, 0.25) is 5.02 Å². The first-order chi connectivity index (χ1) is 8.81. The fourth-order valence-electron chi connectivity index (χ4n) is 1.95. The third-order valence-electron chi connectivity index (χ3n) is 2.85. The van der Waals surface area contributed by atoms with E-state index in [9.17, 15) is 0 Å². The van der Waals surface area contributed by atoms with Gasteiger partial charge in [0.05, 0.1) is 13.2 Å². The molecule has 0 atom stereocenters. The highest BCUT2D eigenvalue weighted by atomic mass is 35.5. The Hall–Kier alpha value is -1.03. The first-order valence-electron chi connectivity index (χ1n) is 6.12. The molecular weight excluding hydrogens is 250 g/mol. The lowest BCUT2D eigenvalue weighted by Gasteiger charge is -2.06. The molecule has 3 nitrogen and oxygen atoms in total. The first kappa shape index (κ1) is 13.4. The zero-order valence-corrected chi connectivity index (χ0v) is 11.3. The molecule has 1 heterocycles. The highest BCUT2D eigenvalue weighted by molar-refractivity contribution is 6.31. The maximum atomic E-state index is 5.96. The molecule has 0 fully saturated rings. The van der Waals surface area contributed by atoms with Crippen molar-refractivity contribution in [1.82, 2.24) is 4.57 Å². The lowest BCUT2D eigenvalue weighted by molar-refractivity contribution is 0.0681. The van der Waals surface area contributed by atoms with Crippen LogP contribution in [0.1, 0.15) is 6.42 Å². The second-order valence-electron chi connectivity index (χ2n) is 4.17. The van der Waals surface area contributed by atoms with Gasteiger partial charge in [0.15, 0.2) is 0 Å². The SMILES string of the molecule is COCCOCCCn1ccc2cc(Cl)ccc21. The summed E-state index contributed by atoms with van der Waals surface area (Å²) in [6.45, 7) is 3.04. The average molecular weight is 268 g/mol. The van der Waals surface area contributed by atoms with Crippen molar-refractivity contribution in [2.45, 2.75) is 13.0 Å². The van der Waals surface area contributed by atoms with E-state index in [-0.39, 0.29) is 0 Å². The third kappa shape index (κ3) is 3.48. The largest absolute Gasteiger partial charge is 0.382 e. The summed E-state index contributed by atoms with van der Waals surface area (Å²) < 4.78 is 12.6. The Labute approximate surface area is 112 Å². The molecule has 0 saturated carbocycles. The molecule has 0 aliphatic carbocycles. The van der Waals surface area contributed by atoms with Crippen LogP contribution in [-0.2, 0) is 16.0 Å². The molecule has 4 heteroatoms. The monoisotopic (exact) mass is 267 g/mol. The van der Waals surface area contributed by atoms with Crippen LogP contribution in [0, 0.1) is 0 Å². The van der Waals surface area contributed by atoms with Gasteiger partial charge in [-0.3, -0.25) is 0 Å². The number of benzene rings is 1. The Bertz CT molecular complexity index is 495. The minimum absolute atomic E-state index is 0.658. The highest BCUT2D eigenvalue weighted by Gasteiger charge is 2.01. The van der Waals surface area contributed by atoms with Gasteiger partial charge in [0.1, 0.15) is 0 Å². The normalized spacial score (nSPS) is 11.2. The third-order valence-corrected chi connectivity index (χ3v) is 3.09. The summed E-state index contributed by atoms with van der Waals surface area (Å²) in [7, 11) is 1.68. The number of nitrogens with zero attached hydrogens (tertiary/aromatic N) is 1. The molecule has 0 amide bonds. The molecule has 0 spiro atoms. The summed E-state index contributed by atoms with van der Waals surface area (Å²) in [4.78, 5) is 0. The maximum Gasteiger partial charge on any atom is 0.0700 e. The van der Waals surface area contributed by atoms with Gasteiger partial charge >= 0.3 is 0 Å². The van der Waals surface area contributed by atoms with E-state index in [1.165, 1.54) is 10.9 Å². The number of rotatable bonds is 7. The minimum atomic E-state index is 0.658. The van der Waals surface area contributed by atoms with Crippen LogP contribution in [0.15, 0.2) is 30.5 Å². The van der Waals surface area contributed by atoms with E-state index in [2.05, 4.69) is 22.9 Å². The Balaban J connectivity index is 1.84. The minimum Gasteiger partial charge on any atom is -0.382 e. The fraction of sp³-hybridized carbons (Fsp3) is 0.429. The lowest BCUT2D eigenvalue weighted by atomic mass is 10.2. The van der Waals surface area contributed by atoms with Gasteiger partial charge in [0.25, 0.3) is 0 Å². The Kier molecular flexibility index (Phi) is 5.05. The van der Waals surface area contributed by atoms with Crippen molar-refractivity contribution in [3.63, 3.8) is 0 Å². The molecule has 0 N–H and O–H groups in total. The van der Waals surface area contributed by atoms with E-state index in [0.29, 0.717) is 13.2 Å². The van der Waals surface area contributed by atoms with Crippen molar-refractivity contribution in [2.75, 3.05) is 26.9 Å². The smallest absolute Gasteiger partial charge is 0.0700 e. The quantitative estimate of drug-likeness (QED) is 0.718. The van der Waals surface area contributed by atoms with Gasteiger partial charge in [0.2, 0.25) is 0 Å². The van der Waals surface area contributed by atoms with Crippen LogP contribution < -0.4 is 0 Å². The van der Waals surface area contributed by atoms with Gasteiger partial charge < -0.3 is 14.0 Å². The van der Waals surface area contributed by atoms with Crippen molar-refractivity contribution < 1.29 is 9.47 Å². The molecule has 0 unspecified atom stereocenters. The number of halogens is 1. The zero-order chi connectivity index (χ0) is 12.8. The molecule has 98 valence electrons. The average Bonchev–Trinajstić information content (AvgIpc) is 2.76. The van der Waals surface area contributed by atoms with Gasteiger partial charge in [0, 0.05) is 42.4 Å². The van der Waals surface area contributed by atoms with Crippen molar-refractivity contribution >= 4 is 22.5 Å². The molecule has 1 aromatic carbocycles. The topological polar surface area (TPSA) is 23.4 Å². The molecule has 18 heavy (non-hydrogen) atoms. The molecule has 0 aliphatic heterocycles. The van der Waals surface area contributed by atoms with E-state index in [0.717, 1.165) is 24.6 Å². The van der Waals surface area contributed by atoms with Crippen LogP contribution in [0.5, 0.6) is 0 Å². The first-order valence-corrected chi connectivity index (χ1v) is 6.50. The van der Waals surface area contributed by atoms with Crippen LogP contribution in [0.25, 0.3) is 10.9 Å². The molecule has 0 radical (unpaired) electrons. The Morgan fingerprint density at radius 1 is 1.17 bits per heavy atom. The summed E-state index contributed by atoms with van der Waals surface area (Å²) in [5.74, 6) is 0. The van der Waals surface area contributed by atoms with Crippen LogP contribution in [0.3, 0.4) is 0 Å². The van der Waals surface area contributed by atoms with Gasteiger partial charge in [-0.15, -0.1) is 0 Å². The van der Waals surface area contributed by atoms with Crippen molar-refractivity contribution in [3.05, 3.63) is 35.5 Å². The van der Waals surface area contributed by atoms with E-state index in [1.54, 1.807) is 7.11 Å². The summed E-state index contributed by atoms with van der Waals surface area (Å²) in [6, 6.07) is 8.06. The molecular formula is C14H18ClNO2. The second-order valence-corrected chi connectivity index (χ2v) is 4.61. The molecule has 0 saturated heterocycles.